The molecule has 0 unspecified atom stereocenters. The Morgan fingerprint density at radius 1 is 1.57 bits per heavy atom. The van der Waals surface area contributed by atoms with Crippen LogP contribution in [0.2, 0.25) is 0 Å². The van der Waals surface area contributed by atoms with Crippen molar-refractivity contribution in [3.63, 3.8) is 0 Å². The molecule has 0 amide bonds. The van der Waals surface area contributed by atoms with Crippen molar-refractivity contribution >= 4 is 5.97 Å². The molecule has 0 aromatic heterocycles. The number of rotatable bonds is 1. The molecule has 0 rings (SSSR count). The molecule has 0 N–H and O–H groups in total. The molecule has 0 fully saturated rings. The smallest absolute Gasteiger partial charge is 0.242 e. The molecule has 1 radical (unpaired) electrons. The fraction of sp³-hybridized carbons (Fsp3) is 0.400. The lowest BCUT2D eigenvalue weighted by molar-refractivity contribution is -0.138. The van der Waals surface area contributed by atoms with Gasteiger partial charge in [-0.05, 0) is 13.8 Å². The van der Waals surface area contributed by atoms with Crippen LogP contribution in [0.15, 0.2) is 11.6 Å². The van der Waals surface area contributed by atoms with Gasteiger partial charge in [-0.15, -0.1) is 0 Å². The van der Waals surface area contributed by atoms with Crippen molar-refractivity contribution < 1.29 is 9.90 Å². The van der Waals surface area contributed by atoms with Crippen LogP contribution in [0.1, 0.15) is 13.8 Å². The maximum atomic E-state index is 9.75. The molecule has 39 valence electrons. The van der Waals surface area contributed by atoms with Gasteiger partial charge in [-0.2, -0.15) is 0 Å². The number of allylic oxidation sites excluding steroid dienone is 1. The summed E-state index contributed by atoms with van der Waals surface area (Å²) in [5.74, 6) is -1.09. The van der Waals surface area contributed by atoms with E-state index in [-0.39, 0.29) is 5.57 Å². The van der Waals surface area contributed by atoms with Crippen LogP contribution < -0.4 is 0 Å². The lowest BCUT2D eigenvalue weighted by Crippen LogP contribution is -1.91. The van der Waals surface area contributed by atoms with Gasteiger partial charge in [-0.3, -0.25) is 0 Å². The Morgan fingerprint density at radius 2 is 2.00 bits per heavy atom. The first-order chi connectivity index (χ1) is 3.18. The van der Waals surface area contributed by atoms with Crippen molar-refractivity contribution in [3.8, 4) is 0 Å². The topological polar surface area (TPSA) is 37.0 Å². The zero-order valence-electron chi connectivity index (χ0n) is 4.39. The molecule has 0 spiro atoms. The minimum Gasteiger partial charge on any atom is -0.242 e. The van der Waals surface area contributed by atoms with Crippen LogP contribution in [0.3, 0.4) is 0 Å². The van der Waals surface area contributed by atoms with Crippen molar-refractivity contribution in [1.82, 2.24) is 0 Å². The molecule has 2 heteroatoms. The van der Waals surface area contributed by atoms with Gasteiger partial charge in [0.25, 0.3) is 0 Å². The molecule has 0 aliphatic heterocycles. The zero-order chi connectivity index (χ0) is 5.86. The third-order valence-corrected chi connectivity index (χ3v) is 0.755. The van der Waals surface area contributed by atoms with Crippen LogP contribution in [0.25, 0.3) is 0 Å². The van der Waals surface area contributed by atoms with Gasteiger partial charge in [0.15, 0.2) is 0 Å². The molecule has 0 bridgehead atoms. The third kappa shape index (κ3) is 1.98. The molecule has 7 heavy (non-hydrogen) atoms. The molecule has 0 aliphatic rings. The summed E-state index contributed by atoms with van der Waals surface area (Å²) in [6.45, 7) is 3.15. The van der Waals surface area contributed by atoms with Crippen LogP contribution in [-0.4, -0.2) is 5.97 Å². The summed E-state index contributed by atoms with van der Waals surface area (Å²) in [6, 6.07) is 0. The zero-order valence-corrected chi connectivity index (χ0v) is 4.39. The van der Waals surface area contributed by atoms with E-state index in [0.717, 1.165) is 0 Å². The lowest BCUT2D eigenvalue weighted by atomic mass is 10.3. The van der Waals surface area contributed by atoms with E-state index >= 15 is 0 Å². The molecule has 2 nitrogen and oxygen atoms in total. The molecule has 0 atom stereocenters. The summed E-state index contributed by atoms with van der Waals surface area (Å²) in [4.78, 5) is 9.75. The standard InChI is InChI=1S/C5H7O2/c1-3-4(2)5(6)7/h3H,1-2H3/b4-3+. The molecule has 0 aliphatic carbocycles. The second kappa shape index (κ2) is 2.39. The first kappa shape index (κ1) is 6.21. The van der Waals surface area contributed by atoms with E-state index in [9.17, 15) is 9.90 Å². The summed E-state index contributed by atoms with van der Waals surface area (Å²) in [5.41, 5.74) is 0.278. The summed E-state index contributed by atoms with van der Waals surface area (Å²) in [5, 5.41) is 9.75. The fourth-order valence-electron chi connectivity index (χ4n) is 0.118. The summed E-state index contributed by atoms with van der Waals surface area (Å²) in [6.07, 6.45) is 1.50. The predicted octanol–water partition coefficient (Wildman–Crippen LogP) is 0.910. The minimum atomic E-state index is -1.09. The second-order valence-corrected chi connectivity index (χ2v) is 1.26. The van der Waals surface area contributed by atoms with Gasteiger partial charge in [0.2, 0.25) is 0 Å². The van der Waals surface area contributed by atoms with E-state index in [1.807, 2.05) is 0 Å². The molecule has 0 aromatic carbocycles. The first-order valence-corrected chi connectivity index (χ1v) is 2.02. The lowest BCUT2D eigenvalue weighted by Gasteiger charge is -1.79. The number of carbonyl (C=O) groups is 1. The predicted molar refractivity (Wildman–Crippen MR) is 25.1 cm³/mol. The van der Waals surface area contributed by atoms with E-state index < -0.39 is 5.97 Å². The van der Waals surface area contributed by atoms with Gasteiger partial charge in [0.1, 0.15) is 0 Å². The molecule has 0 heterocycles. The highest BCUT2D eigenvalue weighted by molar-refractivity contribution is 5.85. The molecule has 0 aromatic rings. The second-order valence-electron chi connectivity index (χ2n) is 1.26. The highest BCUT2D eigenvalue weighted by atomic mass is 16.4. The maximum Gasteiger partial charge on any atom is 0.381 e. The van der Waals surface area contributed by atoms with Crippen molar-refractivity contribution in [3.05, 3.63) is 11.6 Å². The molecular formula is C5H7O2. The van der Waals surface area contributed by atoms with Crippen LogP contribution in [-0.2, 0) is 9.90 Å². The monoisotopic (exact) mass is 99.0 g/mol. The van der Waals surface area contributed by atoms with Crippen molar-refractivity contribution in [2.45, 2.75) is 13.8 Å². The van der Waals surface area contributed by atoms with Gasteiger partial charge < -0.3 is 0 Å². The van der Waals surface area contributed by atoms with E-state index in [0.29, 0.717) is 0 Å². The quantitative estimate of drug-likeness (QED) is 0.450. The third-order valence-electron chi connectivity index (χ3n) is 0.755. The van der Waals surface area contributed by atoms with E-state index in [1.54, 1.807) is 6.92 Å². The van der Waals surface area contributed by atoms with Gasteiger partial charge >= 0.3 is 5.97 Å². The van der Waals surface area contributed by atoms with Crippen LogP contribution in [0, 0.1) is 0 Å². The Balaban J connectivity index is 3.82. The molecular weight excluding hydrogens is 92.1 g/mol. The Kier molecular flexibility index (Phi) is 2.12. The fourth-order valence-corrected chi connectivity index (χ4v) is 0.118. The maximum absolute atomic E-state index is 9.75. The number of carbonyl (C=O) groups excluding carboxylic acids is 1. The van der Waals surface area contributed by atoms with Crippen LogP contribution in [0.4, 0.5) is 0 Å². The van der Waals surface area contributed by atoms with Gasteiger partial charge in [-0.1, -0.05) is 6.08 Å². The minimum absolute atomic E-state index is 0.278. The summed E-state index contributed by atoms with van der Waals surface area (Å²) >= 11 is 0. The van der Waals surface area contributed by atoms with Crippen molar-refractivity contribution in [2.24, 2.45) is 0 Å². The summed E-state index contributed by atoms with van der Waals surface area (Å²) in [7, 11) is 0. The van der Waals surface area contributed by atoms with Crippen LogP contribution in [0.5, 0.6) is 0 Å². The highest BCUT2D eigenvalue weighted by Crippen LogP contribution is 1.88. The van der Waals surface area contributed by atoms with Gasteiger partial charge in [0, 0.05) is 5.57 Å². The number of hydrogen-bond donors (Lipinski definition) is 0. The first-order valence-electron chi connectivity index (χ1n) is 2.02. The van der Waals surface area contributed by atoms with E-state index in [2.05, 4.69) is 0 Å². The molecule has 0 saturated heterocycles. The normalized spacial score (nSPS) is 11.4. The van der Waals surface area contributed by atoms with Gasteiger partial charge in [0.05, 0.1) is 0 Å². The SMILES string of the molecule is C/C=C(\C)C([O])=O. The largest absolute Gasteiger partial charge is 0.381 e. The van der Waals surface area contributed by atoms with E-state index in [1.165, 1.54) is 13.0 Å². The average Bonchev–Trinajstić information content (AvgIpc) is 1.65. The highest BCUT2D eigenvalue weighted by Gasteiger charge is 1.97. The Labute approximate surface area is 42.5 Å². The summed E-state index contributed by atoms with van der Waals surface area (Å²) < 4.78 is 0. The van der Waals surface area contributed by atoms with Crippen LogP contribution >= 0.6 is 0 Å². The van der Waals surface area contributed by atoms with Gasteiger partial charge in [-0.25, -0.2) is 9.90 Å². The van der Waals surface area contributed by atoms with E-state index in [4.69, 9.17) is 0 Å². The van der Waals surface area contributed by atoms with Crippen molar-refractivity contribution in [2.75, 3.05) is 0 Å². The Morgan fingerprint density at radius 3 is 2.00 bits per heavy atom. The molecule has 0 saturated carbocycles. The number of hydrogen-bond acceptors (Lipinski definition) is 1. The Hall–Kier alpha value is -0.790. The Bertz CT molecular complexity index is 103. The average molecular weight is 99.1 g/mol. The van der Waals surface area contributed by atoms with Crippen molar-refractivity contribution in [1.29, 1.82) is 0 Å².